The number of thioether (sulfide) groups is 1. The number of hydrazine groups is 1. The van der Waals surface area contributed by atoms with Gasteiger partial charge in [-0.3, -0.25) is 20.4 Å². The Labute approximate surface area is 127 Å². The van der Waals surface area contributed by atoms with Crippen LogP contribution in [0.4, 0.5) is 0 Å². The number of pyridine rings is 1. The lowest BCUT2D eigenvalue weighted by Crippen LogP contribution is -2.41. The minimum absolute atomic E-state index is 0.200. The van der Waals surface area contributed by atoms with Gasteiger partial charge in [-0.15, -0.1) is 0 Å². The summed E-state index contributed by atoms with van der Waals surface area (Å²) in [5.74, 6) is -0.366. The highest BCUT2D eigenvalue weighted by atomic mass is 32.2. The van der Waals surface area contributed by atoms with Crippen LogP contribution in [0.25, 0.3) is 10.9 Å². The minimum atomic E-state index is -0.302. The molecule has 0 spiro atoms. The molecule has 0 fully saturated rings. The molecule has 0 aliphatic carbocycles. The van der Waals surface area contributed by atoms with E-state index in [1.165, 1.54) is 24.2 Å². The third kappa shape index (κ3) is 4.19. The average Bonchev–Trinajstić information content (AvgIpc) is 2.42. The van der Waals surface area contributed by atoms with E-state index in [1.807, 2.05) is 26.0 Å². The fourth-order valence-electron chi connectivity index (χ4n) is 1.86. The van der Waals surface area contributed by atoms with E-state index in [0.717, 1.165) is 21.5 Å². The molecule has 2 N–H and O–H groups in total. The van der Waals surface area contributed by atoms with Gasteiger partial charge in [0.05, 0.1) is 11.3 Å². The minimum Gasteiger partial charge on any atom is -0.274 e. The van der Waals surface area contributed by atoms with E-state index in [2.05, 4.69) is 28.0 Å². The van der Waals surface area contributed by atoms with Crippen molar-refractivity contribution in [3.05, 3.63) is 35.4 Å². The summed E-state index contributed by atoms with van der Waals surface area (Å²) in [7, 11) is 0. The summed E-state index contributed by atoms with van der Waals surface area (Å²) in [6.07, 6.45) is 0. The van der Waals surface area contributed by atoms with E-state index in [-0.39, 0.29) is 17.6 Å². The Morgan fingerprint density at radius 2 is 1.95 bits per heavy atom. The topological polar surface area (TPSA) is 71.1 Å². The number of hydrogen-bond donors (Lipinski definition) is 2. The van der Waals surface area contributed by atoms with E-state index in [1.54, 1.807) is 0 Å². The van der Waals surface area contributed by atoms with Gasteiger partial charge in [0.25, 0.3) is 0 Å². The van der Waals surface area contributed by atoms with Crippen LogP contribution in [0, 0.1) is 13.8 Å². The summed E-state index contributed by atoms with van der Waals surface area (Å²) in [5.41, 5.74) is 7.73. The predicted octanol–water partition coefficient (Wildman–Crippen LogP) is 2.11. The number of aryl methyl sites for hydroxylation is 2. The first-order valence-corrected chi connectivity index (χ1v) is 7.50. The lowest BCUT2D eigenvalue weighted by atomic mass is 10.1. The lowest BCUT2D eigenvalue weighted by molar-refractivity contribution is -0.126. The van der Waals surface area contributed by atoms with Crippen LogP contribution in [0.5, 0.6) is 0 Å². The number of carbonyl (C=O) groups excluding carboxylic acids is 2. The van der Waals surface area contributed by atoms with E-state index >= 15 is 0 Å². The van der Waals surface area contributed by atoms with Gasteiger partial charge < -0.3 is 0 Å². The van der Waals surface area contributed by atoms with Gasteiger partial charge >= 0.3 is 0 Å². The molecule has 0 saturated carbocycles. The van der Waals surface area contributed by atoms with E-state index in [0.29, 0.717) is 0 Å². The molecule has 2 amide bonds. The van der Waals surface area contributed by atoms with Crippen LogP contribution in [0.15, 0.2) is 29.3 Å². The highest BCUT2D eigenvalue weighted by Crippen LogP contribution is 2.24. The van der Waals surface area contributed by atoms with Gasteiger partial charge in [-0.2, -0.15) is 0 Å². The molecule has 2 rings (SSSR count). The second kappa shape index (κ2) is 6.58. The molecular weight excluding hydrogens is 286 g/mol. The van der Waals surface area contributed by atoms with Crippen LogP contribution in [0.3, 0.4) is 0 Å². The molecule has 0 unspecified atom stereocenters. The van der Waals surface area contributed by atoms with E-state index in [9.17, 15) is 9.59 Å². The Hall–Kier alpha value is -2.08. The van der Waals surface area contributed by atoms with Crippen molar-refractivity contribution in [3.63, 3.8) is 0 Å². The number of benzene rings is 1. The maximum Gasteiger partial charge on any atom is 0.248 e. The van der Waals surface area contributed by atoms with Gasteiger partial charge in [0.2, 0.25) is 11.8 Å². The van der Waals surface area contributed by atoms with Crippen molar-refractivity contribution >= 4 is 34.5 Å². The number of rotatable bonds is 3. The van der Waals surface area contributed by atoms with Gasteiger partial charge in [-0.05, 0) is 37.6 Å². The molecule has 0 atom stereocenters. The van der Waals surface area contributed by atoms with Gasteiger partial charge in [0.15, 0.2) is 0 Å². The summed E-state index contributed by atoms with van der Waals surface area (Å²) >= 11 is 1.35. The van der Waals surface area contributed by atoms with Crippen molar-refractivity contribution in [1.82, 2.24) is 15.8 Å². The monoisotopic (exact) mass is 303 g/mol. The zero-order chi connectivity index (χ0) is 15.4. The summed E-state index contributed by atoms with van der Waals surface area (Å²) in [5, 5.41) is 1.92. The maximum atomic E-state index is 11.6. The Bertz CT molecular complexity index is 701. The van der Waals surface area contributed by atoms with Crippen molar-refractivity contribution in [2.75, 3.05) is 5.75 Å². The molecule has 1 aromatic carbocycles. The van der Waals surface area contributed by atoms with Crippen molar-refractivity contribution in [3.8, 4) is 0 Å². The van der Waals surface area contributed by atoms with Gasteiger partial charge in [-0.1, -0.05) is 23.4 Å². The molecule has 0 radical (unpaired) electrons. The summed E-state index contributed by atoms with van der Waals surface area (Å²) in [6.45, 7) is 5.36. The van der Waals surface area contributed by atoms with Crippen molar-refractivity contribution in [2.24, 2.45) is 0 Å². The number of fused-ring (bicyclic) bond motifs is 1. The summed E-state index contributed by atoms with van der Waals surface area (Å²) in [6, 6.07) is 8.16. The molecule has 1 heterocycles. The number of aromatic nitrogens is 1. The standard InChI is InChI=1S/C15H17N3O2S/c1-9-4-5-13-12(6-9)7-10(2)15(16-13)21-8-14(20)18-17-11(3)19/h4-7H,8H2,1-3H3,(H,17,19)(H,18,20). The fraction of sp³-hybridized carbons (Fsp3) is 0.267. The van der Waals surface area contributed by atoms with E-state index in [4.69, 9.17) is 0 Å². The summed E-state index contributed by atoms with van der Waals surface area (Å²) < 4.78 is 0. The molecule has 6 heteroatoms. The number of carbonyl (C=O) groups is 2. The Balaban J connectivity index is 2.08. The smallest absolute Gasteiger partial charge is 0.248 e. The van der Waals surface area contributed by atoms with Crippen molar-refractivity contribution < 1.29 is 9.59 Å². The largest absolute Gasteiger partial charge is 0.274 e. The number of nitrogens with one attached hydrogen (secondary N) is 2. The van der Waals surface area contributed by atoms with Gasteiger partial charge in [0, 0.05) is 12.3 Å². The number of amides is 2. The number of nitrogens with zero attached hydrogens (tertiary/aromatic N) is 1. The van der Waals surface area contributed by atoms with Crippen LogP contribution in [0.1, 0.15) is 18.1 Å². The molecule has 0 aliphatic rings. The first kappa shape index (κ1) is 15.3. The molecule has 21 heavy (non-hydrogen) atoms. The fourth-order valence-corrected chi connectivity index (χ4v) is 2.65. The van der Waals surface area contributed by atoms with E-state index < -0.39 is 0 Å². The van der Waals surface area contributed by atoms with Crippen molar-refractivity contribution in [2.45, 2.75) is 25.8 Å². The average molecular weight is 303 g/mol. The zero-order valence-electron chi connectivity index (χ0n) is 12.2. The first-order valence-electron chi connectivity index (χ1n) is 6.52. The van der Waals surface area contributed by atoms with Gasteiger partial charge in [0.1, 0.15) is 5.03 Å². The third-order valence-corrected chi connectivity index (χ3v) is 3.93. The lowest BCUT2D eigenvalue weighted by Gasteiger charge is -2.08. The maximum absolute atomic E-state index is 11.6. The highest BCUT2D eigenvalue weighted by molar-refractivity contribution is 7.99. The summed E-state index contributed by atoms with van der Waals surface area (Å²) in [4.78, 5) is 26.9. The van der Waals surface area contributed by atoms with Crippen LogP contribution < -0.4 is 10.9 Å². The Morgan fingerprint density at radius 1 is 1.19 bits per heavy atom. The number of hydrogen-bond acceptors (Lipinski definition) is 4. The second-order valence-electron chi connectivity index (χ2n) is 4.82. The second-order valence-corrected chi connectivity index (χ2v) is 5.79. The Morgan fingerprint density at radius 3 is 2.67 bits per heavy atom. The molecule has 110 valence electrons. The first-order chi connectivity index (χ1) is 9.95. The zero-order valence-corrected chi connectivity index (χ0v) is 13.0. The van der Waals surface area contributed by atoms with Gasteiger partial charge in [-0.25, -0.2) is 4.98 Å². The third-order valence-electron chi connectivity index (χ3n) is 2.83. The van der Waals surface area contributed by atoms with Crippen LogP contribution in [0.2, 0.25) is 0 Å². The molecular formula is C15H17N3O2S. The molecule has 5 nitrogen and oxygen atoms in total. The highest BCUT2D eigenvalue weighted by Gasteiger charge is 2.08. The Kier molecular flexibility index (Phi) is 4.80. The predicted molar refractivity (Wildman–Crippen MR) is 83.9 cm³/mol. The van der Waals surface area contributed by atoms with Crippen molar-refractivity contribution in [1.29, 1.82) is 0 Å². The molecule has 0 bridgehead atoms. The van der Waals surface area contributed by atoms with Crippen LogP contribution in [-0.2, 0) is 9.59 Å². The normalized spacial score (nSPS) is 10.4. The molecule has 0 saturated heterocycles. The van der Waals surface area contributed by atoms with Crippen LogP contribution >= 0.6 is 11.8 Å². The quantitative estimate of drug-likeness (QED) is 0.673. The molecule has 2 aromatic rings. The molecule has 0 aliphatic heterocycles. The van der Waals surface area contributed by atoms with Crippen LogP contribution in [-0.4, -0.2) is 22.6 Å². The SMILES string of the molecule is CC(=O)NNC(=O)CSc1nc2ccc(C)cc2cc1C. The molecule has 1 aromatic heterocycles.